The van der Waals surface area contributed by atoms with Gasteiger partial charge in [-0.05, 0) is 30.9 Å². The van der Waals surface area contributed by atoms with Gasteiger partial charge in [0.15, 0.2) is 0 Å². The van der Waals surface area contributed by atoms with Crippen LogP contribution in [0.15, 0.2) is 66.0 Å². The van der Waals surface area contributed by atoms with Gasteiger partial charge in [-0.2, -0.15) is 0 Å². The molecule has 1 unspecified atom stereocenters. The normalized spacial score (nSPS) is 16.0. The molecular weight excluding hydrogens is 439 g/mol. The Labute approximate surface area is 195 Å². The predicted octanol–water partition coefficient (Wildman–Crippen LogP) is 4.40. The number of benzene rings is 2. The SMILES string of the molecule is CSc1cn(-c2ncc(-c3ccccc3F)cn2)c2cc(C(=O)N3CCC(CO)C3)ccc12. The Hall–Kier alpha value is -3.23. The van der Waals surface area contributed by atoms with E-state index >= 15 is 0 Å². The van der Waals surface area contributed by atoms with E-state index in [1.54, 1.807) is 47.3 Å². The number of fused-ring (bicyclic) bond motifs is 1. The minimum atomic E-state index is -0.321. The van der Waals surface area contributed by atoms with Gasteiger partial charge >= 0.3 is 0 Å². The number of halogens is 1. The van der Waals surface area contributed by atoms with E-state index in [1.165, 1.54) is 6.07 Å². The van der Waals surface area contributed by atoms with Crippen LogP contribution in [0, 0.1) is 11.7 Å². The fourth-order valence-corrected chi connectivity index (χ4v) is 4.89. The van der Waals surface area contributed by atoms with Crippen LogP contribution >= 0.6 is 11.8 Å². The maximum Gasteiger partial charge on any atom is 0.253 e. The summed E-state index contributed by atoms with van der Waals surface area (Å²) in [6.07, 6.45) is 8.00. The molecule has 1 atom stereocenters. The molecule has 1 saturated heterocycles. The summed E-state index contributed by atoms with van der Waals surface area (Å²) >= 11 is 1.61. The lowest BCUT2D eigenvalue weighted by Crippen LogP contribution is -2.29. The number of aliphatic hydroxyl groups excluding tert-OH is 1. The second-order valence-electron chi connectivity index (χ2n) is 8.14. The van der Waals surface area contributed by atoms with Crippen molar-refractivity contribution in [3.8, 4) is 17.1 Å². The summed E-state index contributed by atoms with van der Waals surface area (Å²) in [5.74, 6) is 0.234. The molecule has 2 aromatic carbocycles. The Kier molecular flexibility index (Phi) is 5.86. The molecule has 0 aliphatic carbocycles. The van der Waals surface area contributed by atoms with E-state index in [1.807, 2.05) is 35.2 Å². The third-order valence-electron chi connectivity index (χ3n) is 6.11. The Morgan fingerprint density at radius 3 is 2.70 bits per heavy atom. The Morgan fingerprint density at radius 2 is 2.00 bits per heavy atom. The molecule has 33 heavy (non-hydrogen) atoms. The van der Waals surface area contributed by atoms with Crippen molar-refractivity contribution in [3.05, 3.63) is 72.4 Å². The van der Waals surface area contributed by atoms with Crippen LogP contribution < -0.4 is 0 Å². The van der Waals surface area contributed by atoms with Gasteiger partial charge in [0.05, 0.1) is 5.52 Å². The Morgan fingerprint density at radius 1 is 1.21 bits per heavy atom. The van der Waals surface area contributed by atoms with Gasteiger partial charge in [-0.1, -0.05) is 24.3 Å². The van der Waals surface area contributed by atoms with Crippen LogP contribution in [-0.4, -0.2) is 56.4 Å². The molecule has 2 aromatic heterocycles. The van der Waals surface area contributed by atoms with Crippen LogP contribution in [0.3, 0.4) is 0 Å². The van der Waals surface area contributed by atoms with Gasteiger partial charge < -0.3 is 10.0 Å². The molecule has 8 heteroatoms. The lowest BCUT2D eigenvalue weighted by atomic mass is 10.1. The summed E-state index contributed by atoms with van der Waals surface area (Å²) in [6.45, 7) is 1.33. The average Bonchev–Trinajstić information content (AvgIpc) is 3.48. The average molecular weight is 463 g/mol. The Bertz CT molecular complexity index is 1320. The highest BCUT2D eigenvalue weighted by molar-refractivity contribution is 7.98. The quantitative estimate of drug-likeness (QED) is 0.445. The van der Waals surface area contributed by atoms with Gasteiger partial charge in [-0.25, -0.2) is 14.4 Å². The predicted molar refractivity (Wildman–Crippen MR) is 127 cm³/mol. The van der Waals surface area contributed by atoms with E-state index < -0.39 is 0 Å². The largest absolute Gasteiger partial charge is 0.396 e. The van der Waals surface area contributed by atoms with Crippen molar-refractivity contribution in [2.45, 2.75) is 11.3 Å². The van der Waals surface area contributed by atoms with Crippen LogP contribution in [-0.2, 0) is 0 Å². The number of amides is 1. The van der Waals surface area contributed by atoms with Crippen molar-refractivity contribution in [1.29, 1.82) is 0 Å². The molecule has 0 saturated carbocycles. The second kappa shape index (κ2) is 8.96. The highest BCUT2D eigenvalue weighted by Gasteiger charge is 2.27. The molecule has 1 aliphatic heterocycles. The van der Waals surface area contributed by atoms with Crippen LogP contribution in [0.4, 0.5) is 4.39 Å². The fraction of sp³-hybridized carbons (Fsp3) is 0.240. The molecule has 6 nitrogen and oxygen atoms in total. The minimum Gasteiger partial charge on any atom is -0.396 e. The summed E-state index contributed by atoms with van der Waals surface area (Å²) in [5.41, 5.74) is 2.48. The summed E-state index contributed by atoms with van der Waals surface area (Å²) in [7, 11) is 0. The third kappa shape index (κ3) is 4.00. The first-order chi connectivity index (χ1) is 16.1. The first-order valence-electron chi connectivity index (χ1n) is 10.8. The molecule has 0 bridgehead atoms. The first kappa shape index (κ1) is 21.6. The van der Waals surface area contributed by atoms with Crippen LogP contribution in [0.25, 0.3) is 28.0 Å². The van der Waals surface area contributed by atoms with Crippen molar-refractivity contribution in [2.24, 2.45) is 5.92 Å². The fourth-order valence-electron chi connectivity index (χ4n) is 4.29. The molecule has 0 radical (unpaired) electrons. The third-order valence-corrected chi connectivity index (χ3v) is 6.87. The molecule has 3 heterocycles. The molecule has 1 N–H and O–H groups in total. The maximum atomic E-state index is 14.1. The van der Waals surface area contributed by atoms with E-state index in [4.69, 9.17) is 0 Å². The van der Waals surface area contributed by atoms with Gasteiger partial charge in [0.2, 0.25) is 5.95 Å². The van der Waals surface area contributed by atoms with E-state index in [0.717, 1.165) is 22.2 Å². The number of rotatable bonds is 5. The molecule has 5 rings (SSSR count). The molecule has 1 fully saturated rings. The summed E-state index contributed by atoms with van der Waals surface area (Å²) in [6, 6.07) is 12.2. The zero-order valence-corrected chi connectivity index (χ0v) is 18.9. The number of hydrogen-bond acceptors (Lipinski definition) is 5. The number of aromatic nitrogens is 3. The molecule has 1 amide bonds. The lowest BCUT2D eigenvalue weighted by Gasteiger charge is -2.16. The van der Waals surface area contributed by atoms with Gasteiger partial charge in [-0.3, -0.25) is 9.36 Å². The van der Waals surface area contributed by atoms with Gasteiger partial charge in [-0.15, -0.1) is 11.8 Å². The number of hydrogen-bond donors (Lipinski definition) is 1. The van der Waals surface area contributed by atoms with Gasteiger partial charge in [0.25, 0.3) is 5.91 Å². The topological polar surface area (TPSA) is 71.2 Å². The van der Waals surface area contributed by atoms with Gasteiger partial charge in [0, 0.05) is 71.2 Å². The standard InChI is InChI=1S/C25H23FN4O2S/c1-33-23-14-30(25-27-11-18(12-28-25)19-4-2-3-5-21(19)26)22-10-17(6-7-20(22)23)24(32)29-9-8-16(13-29)15-31/h2-7,10-12,14,16,31H,8-9,13,15H2,1H3. The molecule has 168 valence electrons. The summed E-state index contributed by atoms with van der Waals surface area (Å²) in [4.78, 5) is 24.9. The van der Waals surface area contributed by atoms with E-state index in [-0.39, 0.29) is 24.2 Å². The van der Waals surface area contributed by atoms with Crippen molar-refractivity contribution in [3.63, 3.8) is 0 Å². The minimum absolute atomic E-state index is 0.0397. The maximum absolute atomic E-state index is 14.1. The van der Waals surface area contributed by atoms with E-state index in [9.17, 15) is 14.3 Å². The zero-order chi connectivity index (χ0) is 22.9. The zero-order valence-electron chi connectivity index (χ0n) is 18.1. The monoisotopic (exact) mass is 462 g/mol. The molecule has 0 spiro atoms. The number of carbonyl (C=O) groups excluding carboxylic acids is 1. The van der Waals surface area contributed by atoms with Crippen LogP contribution in [0.1, 0.15) is 16.8 Å². The van der Waals surface area contributed by atoms with Crippen molar-refractivity contribution in [2.75, 3.05) is 26.0 Å². The highest BCUT2D eigenvalue weighted by atomic mass is 32.2. The molecule has 4 aromatic rings. The van der Waals surface area contributed by atoms with E-state index in [2.05, 4.69) is 9.97 Å². The number of likely N-dealkylation sites (tertiary alicyclic amines) is 1. The van der Waals surface area contributed by atoms with Gasteiger partial charge in [0.1, 0.15) is 5.82 Å². The first-order valence-corrected chi connectivity index (χ1v) is 12.0. The van der Waals surface area contributed by atoms with Crippen LogP contribution in [0.5, 0.6) is 0 Å². The smallest absolute Gasteiger partial charge is 0.253 e. The van der Waals surface area contributed by atoms with Crippen LogP contribution in [0.2, 0.25) is 0 Å². The van der Waals surface area contributed by atoms with Crippen molar-refractivity contribution >= 4 is 28.6 Å². The summed E-state index contributed by atoms with van der Waals surface area (Å²) < 4.78 is 16.0. The Balaban J connectivity index is 1.52. The van der Waals surface area contributed by atoms with Crippen molar-refractivity contribution in [1.82, 2.24) is 19.4 Å². The number of aliphatic hydroxyl groups is 1. The molecule has 1 aliphatic rings. The summed E-state index contributed by atoms with van der Waals surface area (Å²) in [5, 5.41) is 10.4. The highest BCUT2D eigenvalue weighted by Crippen LogP contribution is 2.32. The van der Waals surface area contributed by atoms with Crippen molar-refractivity contribution < 1.29 is 14.3 Å². The molecular formula is C25H23FN4O2S. The number of carbonyl (C=O) groups is 1. The second-order valence-corrected chi connectivity index (χ2v) is 8.99. The number of nitrogens with zero attached hydrogens (tertiary/aromatic N) is 4. The van der Waals surface area contributed by atoms with E-state index in [0.29, 0.717) is 35.7 Å². The number of thioether (sulfide) groups is 1. The lowest BCUT2D eigenvalue weighted by molar-refractivity contribution is 0.0782.